The number of hydrogen-bond acceptors (Lipinski definition) is 2. The van der Waals surface area contributed by atoms with Crippen molar-refractivity contribution in [3.05, 3.63) is 0 Å². The summed E-state index contributed by atoms with van der Waals surface area (Å²) in [6.45, 7) is 2.33. The molecule has 0 aromatic heterocycles. The van der Waals surface area contributed by atoms with Crippen LogP contribution in [0, 0.1) is 5.41 Å². The number of likely N-dealkylation sites (tertiary alicyclic amines) is 1. The van der Waals surface area contributed by atoms with Crippen LogP contribution in [-0.2, 0) is 0 Å². The smallest absolute Gasteiger partial charge is 0.356 e. The lowest BCUT2D eigenvalue weighted by Gasteiger charge is -2.33. The number of rotatable bonds is 5. The van der Waals surface area contributed by atoms with E-state index in [4.69, 9.17) is 0 Å². The summed E-state index contributed by atoms with van der Waals surface area (Å²) in [5.41, 5.74) is 0.475. The molecule has 1 spiro atoms. The molecule has 25 heavy (non-hydrogen) atoms. The highest BCUT2D eigenvalue weighted by Gasteiger charge is 2.39. The molecule has 1 aliphatic heterocycles. The molecule has 1 saturated heterocycles. The monoisotopic (exact) mass is 476 g/mol. The van der Waals surface area contributed by atoms with Crippen molar-refractivity contribution in [2.24, 2.45) is 10.4 Å². The molecule has 1 heterocycles. The van der Waals surface area contributed by atoms with Gasteiger partial charge in [-0.15, -0.1) is 24.0 Å². The molecule has 1 aliphatic carbocycles. The van der Waals surface area contributed by atoms with Crippen LogP contribution in [0.25, 0.3) is 0 Å². The molecule has 2 aliphatic rings. The molecule has 1 N–H and O–H groups in total. The van der Waals surface area contributed by atoms with E-state index in [9.17, 15) is 13.2 Å². The van der Waals surface area contributed by atoms with Crippen molar-refractivity contribution in [2.75, 3.05) is 46.8 Å². The molecule has 148 valence electrons. The van der Waals surface area contributed by atoms with Crippen LogP contribution in [-0.4, -0.2) is 68.8 Å². The van der Waals surface area contributed by atoms with Crippen molar-refractivity contribution in [3.63, 3.8) is 0 Å². The summed E-state index contributed by atoms with van der Waals surface area (Å²) in [5, 5.41) is 3.32. The normalized spacial score (nSPS) is 20.9. The van der Waals surface area contributed by atoms with E-state index in [1.807, 2.05) is 0 Å². The van der Waals surface area contributed by atoms with Crippen LogP contribution >= 0.6 is 24.0 Å². The van der Waals surface area contributed by atoms with E-state index in [2.05, 4.69) is 15.2 Å². The Hall–Kier alpha value is -0.250. The number of halogens is 4. The van der Waals surface area contributed by atoms with E-state index in [0.29, 0.717) is 24.9 Å². The Bertz CT molecular complexity index is 423. The molecule has 4 nitrogen and oxygen atoms in total. The van der Waals surface area contributed by atoms with Crippen LogP contribution in [0.4, 0.5) is 13.2 Å². The first kappa shape index (κ1) is 22.8. The summed E-state index contributed by atoms with van der Waals surface area (Å²) in [5.74, 6) is 0.899. The van der Waals surface area contributed by atoms with Crippen molar-refractivity contribution in [3.8, 4) is 0 Å². The van der Waals surface area contributed by atoms with Crippen LogP contribution in [0.15, 0.2) is 4.99 Å². The largest absolute Gasteiger partial charge is 0.401 e. The van der Waals surface area contributed by atoms with Gasteiger partial charge in [-0.2, -0.15) is 13.2 Å². The molecule has 0 radical (unpaired) electrons. The third-order valence-electron chi connectivity index (χ3n) is 5.31. The summed E-state index contributed by atoms with van der Waals surface area (Å²) in [7, 11) is 3.29. The van der Waals surface area contributed by atoms with Crippen LogP contribution in [0.1, 0.15) is 44.9 Å². The highest BCUT2D eigenvalue weighted by Crippen LogP contribution is 2.43. The third kappa shape index (κ3) is 7.48. The number of nitrogens with zero attached hydrogens (tertiary/aromatic N) is 3. The van der Waals surface area contributed by atoms with Gasteiger partial charge < -0.3 is 10.2 Å². The number of nitrogens with one attached hydrogen (secondary N) is 1. The minimum absolute atomic E-state index is 0. The lowest BCUT2D eigenvalue weighted by molar-refractivity contribution is -0.143. The quantitative estimate of drug-likeness (QED) is 0.284. The van der Waals surface area contributed by atoms with Gasteiger partial charge in [0.05, 0.1) is 6.54 Å². The van der Waals surface area contributed by atoms with E-state index >= 15 is 0 Å². The maximum atomic E-state index is 12.3. The molecule has 0 aromatic carbocycles. The van der Waals surface area contributed by atoms with Crippen LogP contribution < -0.4 is 5.32 Å². The molecular formula is C17H32F3IN4. The van der Waals surface area contributed by atoms with Gasteiger partial charge in [-0.25, -0.2) is 0 Å². The van der Waals surface area contributed by atoms with Gasteiger partial charge in [-0.3, -0.25) is 9.89 Å². The fourth-order valence-corrected chi connectivity index (χ4v) is 4.09. The lowest BCUT2D eigenvalue weighted by Crippen LogP contribution is -2.42. The first-order chi connectivity index (χ1) is 11.3. The molecule has 2 fully saturated rings. The van der Waals surface area contributed by atoms with E-state index in [1.54, 1.807) is 7.05 Å². The van der Waals surface area contributed by atoms with Gasteiger partial charge >= 0.3 is 6.18 Å². The molecule has 0 bridgehead atoms. The Kier molecular flexibility index (Phi) is 9.28. The molecule has 1 saturated carbocycles. The number of alkyl halides is 3. The summed E-state index contributed by atoms with van der Waals surface area (Å²) >= 11 is 0. The van der Waals surface area contributed by atoms with Gasteiger partial charge in [-0.05, 0) is 44.7 Å². The molecule has 0 aromatic rings. The average molecular weight is 476 g/mol. The highest BCUT2D eigenvalue weighted by atomic mass is 127. The fourth-order valence-electron chi connectivity index (χ4n) is 4.09. The molecule has 0 atom stereocenters. The second-order valence-corrected chi connectivity index (χ2v) is 7.41. The summed E-state index contributed by atoms with van der Waals surface area (Å²) in [6, 6.07) is 0. The van der Waals surface area contributed by atoms with Gasteiger partial charge in [0.15, 0.2) is 5.96 Å². The van der Waals surface area contributed by atoms with Crippen molar-refractivity contribution < 1.29 is 13.2 Å². The van der Waals surface area contributed by atoms with Gasteiger partial charge in [0.1, 0.15) is 0 Å². The Labute approximate surface area is 166 Å². The predicted molar refractivity (Wildman–Crippen MR) is 107 cm³/mol. The van der Waals surface area contributed by atoms with Gasteiger partial charge in [0, 0.05) is 26.7 Å². The Morgan fingerprint density at radius 2 is 1.88 bits per heavy atom. The Balaban J connectivity index is 0.00000312. The maximum Gasteiger partial charge on any atom is 0.401 e. The SMILES string of the molecule is CN=C(NCCCN(C)CC(F)(F)F)N1CCC2(CCCCC2)C1.I. The number of guanidine groups is 1. The minimum atomic E-state index is -4.12. The van der Waals surface area contributed by atoms with E-state index in [1.165, 1.54) is 50.5 Å². The Morgan fingerprint density at radius 1 is 1.20 bits per heavy atom. The van der Waals surface area contributed by atoms with Crippen LogP contribution in [0.5, 0.6) is 0 Å². The average Bonchev–Trinajstić information content (AvgIpc) is 2.89. The predicted octanol–water partition coefficient (Wildman–Crippen LogP) is 3.72. The zero-order chi connectivity index (χ0) is 17.6. The maximum absolute atomic E-state index is 12.3. The zero-order valence-electron chi connectivity index (χ0n) is 15.4. The number of aliphatic imine (C=N–C) groups is 1. The third-order valence-corrected chi connectivity index (χ3v) is 5.31. The molecule has 0 amide bonds. The molecule has 8 heteroatoms. The van der Waals surface area contributed by atoms with Crippen molar-refractivity contribution >= 4 is 29.9 Å². The minimum Gasteiger partial charge on any atom is -0.356 e. The fraction of sp³-hybridized carbons (Fsp3) is 0.941. The first-order valence-corrected chi connectivity index (χ1v) is 9.04. The van der Waals surface area contributed by atoms with Crippen LogP contribution in [0.2, 0.25) is 0 Å². The van der Waals surface area contributed by atoms with Crippen molar-refractivity contribution in [1.82, 2.24) is 15.1 Å². The van der Waals surface area contributed by atoms with Gasteiger partial charge in [0.2, 0.25) is 0 Å². The standard InChI is InChI=1S/C17H31F3N4.HI/c1-21-15(22-10-6-11-23(2)14-17(18,19)20)24-12-9-16(13-24)7-4-3-5-8-16;/h3-14H2,1-2H3,(H,21,22);1H. The van der Waals surface area contributed by atoms with Crippen molar-refractivity contribution in [2.45, 2.75) is 51.1 Å². The summed E-state index contributed by atoms with van der Waals surface area (Å²) in [6.07, 6.45) is 4.47. The second kappa shape index (κ2) is 10.2. The summed E-state index contributed by atoms with van der Waals surface area (Å²) in [4.78, 5) is 8.00. The Morgan fingerprint density at radius 3 is 2.48 bits per heavy atom. The van der Waals surface area contributed by atoms with E-state index in [-0.39, 0.29) is 24.0 Å². The lowest BCUT2D eigenvalue weighted by atomic mass is 9.73. The second-order valence-electron chi connectivity index (χ2n) is 7.41. The summed E-state index contributed by atoms with van der Waals surface area (Å²) < 4.78 is 36.9. The van der Waals surface area contributed by atoms with Gasteiger partial charge in [0.25, 0.3) is 0 Å². The number of hydrogen-bond donors (Lipinski definition) is 1. The first-order valence-electron chi connectivity index (χ1n) is 9.04. The molecular weight excluding hydrogens is 444 g/mol. The van der Waals surface area contributed by atoms with E-state index < -0.39 is 12.7 Å². The van der Waals surface area contributed by atoms with E-state index in [0.717, 1.165) is 19.0 Å². The molecule has 2 rings (SSSR count). The topological polar surface area (TPSA) is 30.9 Å². The highest BCUT2D eigenvalue weighted by molar-refractivity contribution is 14.0. The molecule has 0 unspecified atom stereocenters. The van der Waals surface area contributed by atoms with Crippen molar-refractivity contribution in [1.29, 1.82) is 0 Å². The van der Waals surface area contributed by atoms with Crippen LogP contribution in [0.3, 0.4) is 0 Å². The van der Waals surface area contributed by atoms with Gasteiger partial charge in [-0.1, -0.05) is 19.3 Å². The zero-order valence-corrected chi connectivity index (χ0v) is 17.7.